The number of benzene rings is 1. The summed E-state index contributed by atoms with van der Waals surface area (Å²) >= 11 is 3.64. The van der Waals surface area contributed by atoms with Crippen LogP contribution in [0.2, 0.25) is 0 Å². The first kappa shape index (κ1) is 14.9. The topological polar surface area (TPSA) is 12.5 Å². The second-order valence-corrected chi connectivity index (χ2v) is 7.40. The first-order chi connectivity index (χ1) is 8.90. The molecule has 1 fully saturated rings. The lowest BCUT2D eigenvalue weighted by atomic mass is 9.80. The highest BCUT2D eigenvalue weighted by Crippen LogP contribution is 2.34. The normalized spacial score (nSPS) is 20.8. The summed E-state index contributed by atoms with van der Waals surface area (Å²) < 4.78 is 6.48. The van der Waals surface area contributed by atoms with Gasteiger partial charge in [-0.15, -0.1) is 0 Å². The fourth-order valence-corrected chi connectivity index (χ4v) is 3.10. The minimum Gasteiger partial charge on any atom is -0.497 e. The average molecular weight is 326 g/mol. The molecule has 1 unspecified atom stereocenters. The molecule has 0 saturated carbocycles. The predicted molar refractivity (Wildman–Crippen MR) is 83.5 cm³/mol. The second-order valence-electron chi connectivity index (χ2n) is 6.54. The molecule has 1 saturated heterocycles. The van der Waals surface area contributed by atoms with Crippen molar-refractivity contribution in [1.29, 1.82) is 0 Å². The molecule has 1 atom stereocenters. The van der Waals surface area contributed by atoms with E-state index >= 15 is 0 Å². The first-order valence-corrected chi connectivity index (χ1v) is 7.74. The lowest BCUT2D eigenvalue weighted by molar-refractivity contribution is 0.226. The number of likely N-dealkylation sites (tertiary alicyclic amines) is 1. The van der Waals surface area contributed by atoms with Gasteiger partial charge in [-0.05, 0) is 48.1 Å². The van der Waals surface area contributed by atoms with Crippen molar-refractivity contribution in [2.24, 2.45) is 11.3 Å². The monoisotopic (exact) mass is 325 g/mol. The van der Waals surface area contributed by atoms with E-state index in [0.29, 0.717) is 5.41 Å². The highest BCUT2D eigenvalue weighted by atomic mass is 79.9. The summed E-state index contributed by atoms with van der Waals surface area (Å²) in [5.74, 6) is 1.74. The SMILES string of the molecule is COc1ccc(Br)c(CN2CCC(C(C)(C)C)C2)c1. The molecule has 3 heteroatoms. The van der Waals surface area contributed by atoms with Gasteiger partial charge in [0.05, 0.1) is 7.11 Å². The molecule has 0 bridgehead atoms. The van der Waals surface area contributed by atoms with Gasteiger partial charge in [0.25, 0.3) is 0 Å². The first-order valence-electron chi connectivity index (χ1n) is 6.95. The van der Waals surface area contributed by atoms with Crippen LogP contribution in [0, 0.1) is 11.3 Å². The Morgan fingerprint density at radius 1 is 1.37 bits per heavy atom. The van der Waals surface area contributed by atoms with Crippen LogP contribution in [0.3, 0.4) is 0 Å². The molecule has 0 amide bonds. The van der Waals surface area contributed by atoms with E-state index in [2.05, 4.69) is 53.7 Å². The Labute approximate surface area is 125 Å². The van der Waals surface area contributed by atoms with Gasteiger partial charge in [-0.25, -0.2) is 0 Å². The van der Waals surface area contributed by atoms with Gasteiger partial charge in [0.15, 0.2) is 0 Å². The maximum absolute atomic E-state index is 5.31. The van der Waals surface area contributed by atoms with E-state index in [1.165, 1.54) is 29.5 Å². The van der Waals surface area contributed by atoms with E-state index in [1.54, 1.807) is 7.11 Å². The van der Waals surface area contributed by atoms with Crippen LogP contribution in [0.25, 0.3) is 0 Å². The van der Waals surface area contributed by atoms with E-state index in [4.69, 9.17) is 4.74 Å². The Morgan fingerprint density at radius 2 is 2.11 bits per heavy atom. The molecule has 106 valence electrons. The molecule has 1 aliphatic heterocycles. The number of hydrogen-bond donors (Lipinski definition) is 0. The summed E-state index contributed by atoms with van der Waals surface area (Å²) in [7, 11) is 1.72. The summed E-state index contributed by atoms with van der Waals surface area (Å²) in [6.45, 7) is 10.5. The summed E-state index contributed by atoms with van der Waals surface area (Å²) in [4.78, 5) is 2.55. The van der Waals surface area contributed by atoms with Crippen molar-refractivity contribution in [2.75, 3.05) is 20.2 Å². The zero-order valence-electron chi connectivity index (χ0n) is 12.4. The molecule has 0 aromatic heterocycles. The highest BCUT2D eigenvalue weighted by molar-refractivity contribution is 9.10. The maximum Gasteiger partial charge on any atom is 0.119 e. The molecule has 19 heavy (non-hydrogen) atoms. The van der Waals surface area contributed by atoms with Gasteiger partial charge in [-0.3, -0.25) is 4.90 Å². The third-order valence-electron chi connectivity index (χ3n) is 4.14. The molecular weight excluding hydrogens is 302 g/mol. The zero-order valence-corrected chi connectivity index (χ0v) is 14.0. The number of nitrogens with zero attached hydrogens (tertiary/aromatic N) is 1. The molecule has 1 aromatic rings. The number of methoxy groups -OCH3 is 1. The summed E-state index contributed by atoms with van der Waals surface area (Å²) in [5.41, 5.74) is 1.73. The summed E-state index contributed by atoms with van der Waals surface area (Å²) in [5, 5.41) is 0. The van der Waals surface area contributed by atoms with Crippen LogP contribution in [-0.2, 0) is 6.54 Å². The van der Waals surface area contributed by atoms with Gasteiger partial charge in [-0.2, -0.15) is 0 Å². The van der Waals surface area contributed by atoms with Crippen LogP contribution < -0.4 is 4.74 Å². The summed E-state index contributed by atoms with van der Waals surface area (Å²) in [6.07, 6.45) is 1.31. The lowest BCUT2D eigenvalue weighted by Crippen LogP contribution is -2.25. The Balaban J connectivity index is 2.03. The molecule has 0 N–H and O–H groups in total. The number of rotatable bonds is 3. The van der Waals surface area contributed by atoms with Gasteiger partial charge in [-0.1, -0.05) is 36.7 Å². The Bertz CT molecular complexity index is 439. The maximum atomic E-state index is 5.31. The van der Waals surface area contributed by atoms with Crippen molar-refractivity contribution in [3.05, 3.63) is 28.2 Å². The van der Waals surface area contributed by atoms with E-state index in [1.807, 2.05) is 6.07 Å². The van der Waals surface area contributed by atoms with E-state index < -0.39 is 0 Å². The van der Waals surface area contributed by atoms with Crippen molar-refractivity contribution < 1.29 is 4.74 Å². The van der Waals surface area contributed by atoms with Crippen LogP contribution in [0.5, 0.6) is 5.75 Å². The minimum atomic E-state index is 0.417. The zero-order chi connectivity index (χ0) is 14.0. The average Bonchev–Trinajstić information content (AvgIpc) is 2.80. The van der Waals surface area contributed by atoms with Gasteiger partial charge >= 0.3 is 0 Å². The quantitative estimate of drug-likeness (QED) is 0.820. The van der Waals surface area contributed by atoms with Gasteiger partial charge in [0.2, 0.25) is 0 Å². The summed E-state index contributed by atoms with van der Waals surface area (Å²) in [6, 6.07) is 6.20. The van der Waals surface area contributed by atoms with Crippen LogP contribution >= 0.6 is 15.9 Å². The standard InChI is InChI=1S/C16H24BrNO/c1-16(2,3)13-7-8-18(11-13)10-12-9-14(19-4)5-6-15(12)17/h5-6,9,13H,7-8,10-11H2,1-4H3. The Kier molecular flexibility index (Phi) is 4.57. The number of halogens is 1. The van der Waals surface area contributed by atoms with Crippen molar-refractivity contribution in [3.63, 3.8) is 0 Å². The van der Waals surface area contributed by atoms with Gasteiger partial charge in [0, 0.05) is 17.6 Å². The molecule has 2 rings (SSSR count). The van der Waals surface area contributed by atoms with Crippen molar-refractivity contribution in [1.82, 2.24) is 4.90 Å². The lowest BCUT2D eigenvalue weighted by Gasteiger charge is -2.27. The molecule has 0 aliphatic carbocycles. The minimum absolute atomic E-state index is 0.417. The second kappa shape index (κ2) is 5.84. The third-order valence-corrected chi connectivity index (χ3v) is 4.92. The van der Waals surface area contributed by atoms with Crippen LogP contribution in [0.4, 0.5) is 0 Å². The fraction of sp³-hybridized carbons (Fsp3) is 0.625. The van der Waals surface area contributed by atoms with Crippen LogP contribution in [-0.4, -0.2) is 25.1 Å². The van der Waals surface area contributed by atoms with Crippen molar-refractivity contribution >= 4 is 15.9 Å². The van der Waals surface area contributed by atoms with E-state index in [9.17, 15) is 0 Å². The largest absolute Gasteiger partial charge is 0.497 e. The van der Waals surface area contributed by atoms with Gasteiger partial charge in [0.1, 0.15) is 5.75 Å². The Hall–Kier alpha value is -0.540. The predicted octanol–water partition coefficient (Wildman–Crippen LogP) is 4.33. The van der Waals surface area contributed by atoms with Gasteiger partial charge < -0.3 is 4.74 Å². The number of hydrogen-bond acceptors (Lipinski definition) is 2. The van der Waals surface area contributed by atoms with E-state index in [-0.39, 0.29) is 0 Å². The molecule has 2 nitrogen and oxygen atoms in total. The third kappa shape index (κ3) is 3.73. The molecule has 0 radical (unpaired) electrons. The molecule has 1 heterocycles. The number of ether oxygens (including phenoxy) is 1. The van der Waals surface area contributed by atoms with Crippen molar-refractivity contribution in [2.45, 2.75) is 33.7 Å². The van der Waals surface area contributed by atoms with Crippen LogP contribution in [0.15, 0.2) is 22.7 Å². The molecule has 1 aromatic carbocycles. The van der Waals surface area contributed by atoms with E-state index in [0.717, 1.165) is 18.2 Å². The smallest absolute Gasteiger partial charge is 0.119 e. The molecular formula is C16H24BrNO. The Morgan fingerprint density at radius 3 is 2.68 bits per heavy atom. The van der Waals surface area contributed by atoms with Crippen molar-refractivity contribution in [3.8, 4) is 5.75 Å². The van der Waals surface area contributed by atoms with Crippen LogP contribution in [0.1, 0.15) is 32.8 Å². The highest BCUT2D eigenvalue weighted by Gasteiger charge is 2.31. The molecule has 0 spiro atoms. The fourth-order valence-electron chi connectivity index (χ4n) is 2.72. The molecule has 1 aliphatic rings.